The van der Waals surface area contributed by atoms with Gasteiger partial charge in [-0.15, -0.1) is 0 Å². The molecule has 0 aromatic heterocycles. The highest BCUT2D eigenvalue weighted by molar-refractivity contribution is 5.61. The molecule has 2 unspecified atom stereocenters. The predicted octanol–water partition coefficient (Wildman–Crippen LogP) is 4.27. The third-order valence-corrected chi connectivity index (χ3v) is 3.79. The summed E-state index contributed by atoms with van der Waals surface area (Å²) < 4.78 is 0. The Morgan fingerprint density at radius 3 is 2.24 bits per heavy atom. The lowest BCUT2D eigenvalue weighted by Gasteiger charge is -2.19. The first-order valence-corrected chi connectivity index (χ1v) is 6.18. The fraction of sp³-hybridized carbons (Fsp3) is 0.250. The van der Waals surface area contributed by atoms with E-state index in [1.54, 1.807) is 0 Å². The van der Waals surface area contributed by atoms with Crippen LogP contribution in [0.4, 0.5) is 5.69 Å². The second kappa shape index (κ2) is 3.92. The minimum absolute atomic E-state index is 0.411. The summed E-state index contributed by atoms with van der Waals surface area (Å²) in [6, 6.07) is 17.7. The molecule has 1 heteroatoms. The summed E-state index contributed by atoms with van der Waals surface area (Å²) in [6.45, 7) is 4.49. The average Bonchev–Trinajstić information content (AvgIpc) is 2.68. The molecule has 1 heterocycles. The third kappa shape index (κ3) is 1.62. The molecule has 0 radical (unpaired) electrons. The number of hydrogen-bond donors (Lipinski definition) is 1. The molecule has 0 saturated heterocycles. The van der Waals surface area contributed by atoms with Crippen LogP contribution in [0.5, 0.6) is 0 Å². The Bertz CT molecular complexity index is 545. The lowest BCUT2D eigenvalue weighted by Crippen LogP contribution is -2.10. The highest BCUT2D eigenvalue weighted by atomic mass is 15.0. The molecule has 0 fully saturated rings. The van der Waals surface area contributed by atoms with Crippen LogP contribution in [0.15, 0.2) is 48.5 Å². The van der Waals surface area contributed by atoms with Crippen molar-refractivity contribution < 1.29 is 0 Å². The summed E-state index contributed by atoms with van der Waals surface area (Å²) in [4.78, 5) is 0. The second-order valence-corrected chi connectivity index (χ2v) is 4.85. The predicted molar refractivity (Wildman–Crippen MR) is 72.4 cm³/mol. The Morgan fingerprint density at radius 2 is 1.53 bits per heavy atom. The third-order valence-electron chi connectivity index (χ3n) is 3.79. The van der Waals surface area contributed by atoms with Gasteiger partial charge >= 0.3 is 0 Å². The molecule has 2 aromatic rings. The molecule has 3 rings (SSSR count). The molecule has 0 spiro atoms. The Kier molecular flexibility index (Phi) is 2.40. The number of hydrogen-bond acceptors (Lipinski definition) is 1. The van der Waals surface area contributed by atoms with Gasteiger partial charge in [0.25, 0.3) is 0 Å². The van der Waals surface area contributed by atoms with Crippen molar-refractivity contribution in [3.63, 3.8) is 0 Å². The van der Waals surface area contributed by atoms with Crippen LogP contribution in [0.1, 0.15) is 35.6 Å². The molecule has 86 valence electrons. The van der Waals surface area contributed by atoms with Crippen LogP contribution >= 0.6 is 0 Å². The van der Waals surface area contributed by atoms with Crippen molar-refractivity contribution >= 4 is 5.69 Å². The fourth-order valence-corrected chi connectivity index (χ4v) is 2.78. The molecule has 0 amide bonds. The first-order valence-electron chi connectivity index (χ1n) is 6.18. The van der Waals surface area contributed by atoms with Crippen molar-refractivity contribution in [2.75, 3.05) is 5.32 Å². The van der Waals surface area contributed by atoms with Gasteiger partial charge in [-0.05, 0) is 29.7 Å². The highest BCUT2D eigenvalue weighted by Gasteiger charge is 2.29. The van der Waals surface area contributed by atoms with Crippen LogP contribution in [0, 0.1) is 6.92 Å². The van der Waals surface area contributed by atoms with E-state index in [0.29, 0.717) is 12.0 Å². The molecule has 2 aromatic carbocycles. The maximum absolute atomic E-state index is 3.64. The van der Waals surface area contributed by atoms with Crippen LogP contribution in [0.25, 0.3) is 0 Å². The summed E-state index contributed by atoms with van der Waals surface area (Å²) >= 11 is 0. The molecular weight excluding hydrogens is 206 g/mol. The Morgan fingerprint density at radius 1 is 0.882 bits per heavy atom. The number of aryl methyl sites for hydroxylation is 1. The molecular formula is C16H17N. The standard InChI is InChI=1S/C16H17N/c1-11-7-3-4-8-13(11)16-12(2)14-9-5-6-10-15(14)17-16/h3-10,12,16-17H,1-2H3. The Labute approximate surface area is 102 Å². The number of nitrogens with one attached hydrogen (secondary N) is 1. The molecule has 1 nitrogen and oxygen atoms in total. The molecule has 1 N–H and O–H groups in total. The van der Waals surface area contributed by atoms with E-state index in [-0.39, 0.29) is 0 Å². The van der Waals surface area contributed by atoms with E-state index in [4.69, 9.17) is 0 Å². The summed E-state index contributed by atoms with van der Waals surface area (Å²) in [6.07, 6.45) is 0. The minimum Gasteiger partial charge on any atom is -0.377 e. The molecule has 17 heavy (non-hydrogen) atoms. The van der Waals surface area contributed by atoms with E-state index in [0.717, 1.165) is 0 Å². The Hall–Kier alpha value is -1.76. The van der Waals surface area contributed by atoms with Gasteiger partial charge < -0.3 is 5.32 Å². The van der Waals surface area contributed by atoms with Crippen molar-refractivity contribution in [1.29, 1.82) is 0 Å². The van der Waals surface area contributed by atoms with E-state index in [1.165, 1.54) is 22.4 Å². The maximum Gasteiger partial charge on any atom is 0.0583 e. The normalized spacial score (nSPS) is 22.0. The van der Waals surface area contributed by atoms with Gasteiger partial charge in [0.05, 0.1) is 6.04 Å². The van der Waals surface area contributed by atoms with E-state index in [1.807, 2.05) is 0 Å². The van der Waals surface area contributed by atoms with Crippen molar-refractivity contribution in [2.45, 2.75) is 25.8 Å². The van der Waals surface area contributed by atoms with E-state index in [9.17, 15) is 0 Å². The van der Waals surface area contributed by atoms with Gasteiger partial charge in [0.2, 0.25) is 0 Å². The van der Waals surface area contributed by atoms with Gasteiger partial charge in [-0.1, -0.05) is 49.4 Å². The SMILES string of the molecule is Cc1ccccc1C1Nc2ccccc2C1C. The lowest BCUT2D eigenvalue weighted by atomic mass is 9.90. The fourth-order valence-electron chi connectivity index (χ4n) is 2.78. The van der Waals surface area contributed by atoms with Crippen LogP contribution in [-0.4, -0.2) is 0 Å². The Balaban J connectivity index is 2.02. The summed E-state index contributed by atoms with van der Waals surface area (Å²) in [5.74, 6) is 0.535. The molecule has 1 aliphatic heterocycles. The highest BCUT2D eigenvalue weighted by Crippen LogP contribution is 2.44. The molecule has 0 aliphatic carbocycles. The zero-order valence-electron chi connectivity index (χ0n) is 10.3. The van der Waals surface area contributed by atoms with Crippen molar-refractivity contribution in [3.05, 3.63) is 65.2 Å². The molecule has 2 atom stereocenters. The maximum atomic E-state index is 3.64. The largest absolute Gasteiger partial charge is 0.377 e. The number of anilines is 1. The molecule has 0 bridgehead atoms. The van der Waals surface area contributed by atoms with Crippen LogP contribution in [0.3, 0.4) is 0 Å². The number of fused-ring (bicyclic) bond motifs is 1. The average molecular weight is 223 g/mol. The zero-order valence-corrected chi connectivity index (χ0v) is 10.3. The second-order valence-electron chi connectivity index (χ2n) is 4.85. The quantitative estimate of drug-likeness (QED) is 0.761. The summed E-state index contributed by atoms with van der Waals surface area (Å²) in [5, 5.41) is 3.64. The van der Waals surface area contributed by atoms with Gasteiger partial charge in [0, 0.05) is 11.6 Å². The smallest absolute Gasteiger partial charge is 0.0583 e. The van der Waals surface area contributed by atoms with E-state index in [2.05, 4.69) is 67.7 Å². The van der Waals surface area contributed by atoms with E-state index < -0.39 is 0 Å². The first kappa shape index (κ1) is 10.4. The topological polar surface area (TPSA) is 12.0 Å². The molecule has 1 aliphatic rings. The van der Waals surface area contributed by atoms with Crippen LogP contribution < -0.4 is 5.32 Å². The minimum atomic E-state index is 0.411. The van der Waals surface area contributed by atoms with Gasteiger partial charge in [0.1, 0.15) is 0 Å². The van der Waals surface area contributed by atoms with Gasteiger partial charge in [0.15, 0.2) is 0 Å². The van der Waals surface area contributed by atoms with E-state index >= 15 is 0 Å². The van der Waals surface area contributed by atoms with Crippen molar-refractivity contribution in [1.82, 2.24) is 0 Å². The van der Waals surface area contributed by atoms with Gasteiger partial charge in [-0.3, -0.25) is 0 Å². The van der Waals surface area contributed by atoms with Crippen LogP contribution in [0.2, 0.25) is 0 Å². The summed E-state index contributed by atoms with van der Waals surface area (Å²) in [7, 11) is 0. The monoisotopic (exact) mass is 223 g/mol. The van der Waals surface area contributed by atoms with Crippen LogP contribution in [-0.2, 0) is 0 Å². The van der Waals surface area contributed by atoms with Crippen molar-refractivity contribution in [3.8, 4) is 0 Å². The van der Waals surface area contributed by atoms with Crippen molar-refractivity contribution in [2.24, 2.45) is 0 Å². The zero-order chi connectivity index (χ0) is 11.8. The molecule has 0 saturated carbocycles. The number of benzene rings is 2. The van der Waals surface area contributed by atoms with Gasteiger partial charge in [-0.2, -0.15) is 0 Å². The number of para-hydroxylation sites is 1. The number of rotatable bonds is 1. The summed E-state index contributed by atoms with van der Waals surface area (Å²) in [5.41, 5.74) is 5.50. The lowest BCUT2D eigenvalue weighted by molar-refractivity contribution is 0.672. The first-order chi connectivity index (χ1) is 8.27. The van der Waals surface area contributed by atoms with Gasteiger partial charge in [-0.25, -0.2) is 0 Å².